The van der Waals surface area contributed by atoms with E-state index in [1.165, 1.54) is 12.1 Å². The molecule has 1 heterocycles. The Morgan fingerprint density at radius 3 is 2.11 bits per heavy atom. The first kappa shape index (κ1) is 13.9. The summed E-state index contributed by atoms with van der Waals surface area (Å²) in [6.45, 7) is 7.01. The van der Waals surface area contributed by atoms with Crippen molar-refractivity contribution in [3.05, 3.63) is 29.8 Å². The molecule has 0 saturated carbocycles. The van der Waals surface area contributed by atoms with E-state index in [-0.39, 0.29) is 11.5 Å². The summed E-state index contributed by atoms with van der Waals surface area (Å²) in [6.07, 6.45) is -2.58. The lowest BCUT2D eigenvalue weighted by atomic mass is 9.87. The predicted molar refractivity (Wildman–Crippen MR) is 70.5 cm³/mol. The number of rotatable bonds is 1. The third-order valence-corrected chi connectivity index (χ3v) is 3.28. The van der Waals surface area contributed by atoms with Crippen LogP contribution in [0, 0.1) is 5.41 Å². The molecule has 0 N–H and O–H groups in total. The van der Waals surface area contributed by atoms with E-state index < -0.39 is 11.7 Å². The summed E-state index contributed by atoms with van der Waals surface area (Å²) in [5.74, 6) is 0. The second-order valence-electron chi connectivity index (χ2n) is 5.84. The zero-order chi connectivity index (χ0) is 14.3. The predicted octanol–water partition coefficient (Wildman–Crippen LogP) is 3.97. The maximum atomic E-state index is 12.5. The summed E-state index contributed by atoms with van der Waals surface area (Å²) < 4.78 is 37.4. The highest BCUT2D eigenvalue weighted by atomic mass is 19.4. The van der Waals surface area contributed by atoms with Gasteiger partial charge in [0.25, 0.3) is 0 Å². The summed E-state index contributed by atoms with van der Waals surface area (Å²) in [5.41, 5.74) is 0.167. The monoisotopic (exact) mass is 270 g/mol. The first-order valence-corrected chi connectivity index (χ1v) is 6.15. The SMILES string of the molecule is CC(C)(C)[C@@H]1CN(c2ccc(C(F)(F)F)cc2)C=N1. The van der Waals surface area contributed by atoms with E-state index in [2.05, 4.69) is 25.8 Å². The number of nitrogens with zero attached hydrogens (tertiary/aromatic N) is 2. The number of halogens is 3. The zero-order valence-corrected chi connectivity index (χ0v) is 11.2. The van der Waals surface area contributed by atoms with Crippen molar-refractivity contribution in [2.75, 3.05) is 11.4 Å². The first-order valence-electron chi connectivity index (χ1n) is 6.15. The van der Waals surface area contributed by atoms with Crippen LogP contribution in [0.2, 0.25) is 0 Å². The Kier molecular flexibility index (Phi) is 3.32. The van der Waals surface area contributed by atoms with E-state index in [1.54, 1.807) is 6.34 Å². The van der Waals surface area contributed by atoms with E-state index in [4.69, 9.17) is 0 Å². The number of aliphatic imine (C=N–C) groups is 1. The zero-order valence-electron chi connectivity index (χ0n) is 11.2. The van der Waals surface area contributed by atoms with Gasteiger partial charge in [0, 0.05) is 12.2 Å². The molecular formula is C14H17F3N2. The third kappa shape index (κ3) is 3.08. The molecule has 2 rings (SSSR count). The van der Waals surface area contributed by atoms with Gasteiger partial charge in [-0.05, 0) is 29.7 Å². The van der Waals surface area contributed by atoms with Gasteiger partial charge in [0.05, 0.1) is 17.9 Å². The Hall–Kier alpha value is -1.52. The Balaban J connectivity index is 2.11. The molecule has 0 saturated heterocycles. The maximum absolute atomic E-state index is 12.5. The summed E-state index contributed by atoms with van der Waals surface area (Å²) in [7, 11) is 0. The average Bonchev–Trinajstić information content (AvgIpc) is 2.77. The molecule has 0 unspecified atom stereocenters. The molecule has 5 heteroatoms. The van der Waals surface area contributed by atoms with E-state index in [1.807, 2.05) is 4.90 Å². The van der Waals surface area contributed by atoms with Gasteiger partial charge in [0.1, 0.15) is 0 Å². The molecule has 19 heavy (non-hydrogen) atoms. The van der Waals surface area contributed by atoms with E-state index in [0.29, 0.717) is 6.54 Å². The van der Waals surface area contributed by atoms with Crippen molar-refractivity contribution >= 4 is 12.0 Å². The van der Waals surface area contributed by atoms with Gasteiger partial charge in [-0.15, -0.1) is 0 Å². The Bertz CT molecular complexity index is 469. The van der Waals surface area contributed by atoms with Crippen molar-refractivity contribution < 1.29 is 13.2 Å². The first-order chi connectivity index (χ1) is 8.68. The number of benzene rings is 1. The number of alkyl halides is 3. The molecule has 0 bridgehead atoms. The summed E-state index contributed by atoms with van der Waals surface area (Å²) in [4.78, 5) is 6.30. The molecular weight excluding hydrogens is 253 g/mol. The van der Waals surface area contributed by atoms with Crippen molar-refractivity contribution in [3.63, 3.8) is 0 Å². The number of hydrogen-bond donors (Lipinski definition) is 0. The lowest BCUT2D eigenvalue weighted by Gasteiger charge is -2.26. The molecule has 0 aromatic heterocycles. The summed E-state index contributed by atoms with van der Waals surface area (Å²) in [6, 6.07) is 5.34. The third-order valence-electron chi connectivity index (χ3n) is 3.28. The van der Waals surface area contributed by atoms with Crippen LogP contribution in [0.5, 0.6) is 0 Å². The molecule has 1 atom stereocenters. The second kappa shape index (κ2) is 4.54. The van der Waals surface area contributed by atoms with E-state index >= 15 is 0 Å². The highest BCUT2D eigenvalue weighted by molar-refractivity contribution is 5.81. The van der Waals surface area contributed by atoms with Crippen molar-refractivity contribution in [2.24, 2.45) is 10.4 Å². The van der Waals surface area contributed by atoms with E-state index in [9.17, 15) is 13.2 Å². The molecule has 1 aliphatic rings. The minimum Gasteiger partial charge on any atom is -0.331 e. The molecule has 1 aromatic carbocycles. The van der Waals surface area contributed by atoms with Gasteiger partial charge in [-0.25, -0.2) is 0 Å². The van der Waals surface area contributed by atoms with Crippen LogP contribution in [0.4, 0.5) is 18.9 Å². The van der Waals surface area contributed by atoms with Crippen molar-refractivity contribution in [3.8, 4) is 0 Å². The molecule has 1 aliphatic heterocycles. The smallest absolute Gasteiger partial charge is 0.331 e. The van der Waals surface area contributed by atoms with Gasteiger partial charge in [-0.2, -0.15) is 13.2 Å². The fourth-order valence-electron chi connectivity index (χ4n) is 1.95. The van der Waals surface area contributed by atoms with Crippen LogP contribution in [0.15, 0.2) is 29.3 Å². The maximum Gasteiger partial charge on any atom is 0.416 e. The highest BCUT2D eigenvalue weighted by Crippen LogP contribution is 2.32. The van der Waals surface area contributed by atoms with Gasteiger partial charge in [0.2, 0.25) is 0 Å². The number of hydrogen-bond acceptors (Lipinski definition) is 2. The van der Waals surface area contributed by atoms with E-state index in [0.717, 1.165) is 17.8 Å². The van der Waals surface area contributed by atoms with Gasteiger partial charge in [-0.1, -0.05) is 20.8 Å². The van der Waals surface area contributed by atoms with Gasteiger partial charge < -0.3 is 4.90 Å². The van der Waals surface area contributed by atoms with Crippen LogP contribution < -0.4 is 4.90 Å². The van der Waals surface area contributed by atoms with Gasteiger partial charge in [-0.3, -0.25) is 4.99 Å². The van der Waals surface area contributed by atoms with Crippen LogP contribution in [0.3, 0.4) is 0 Å². The number of anilines is 1. The highest BCUT2D eigenvalue weighted by Gasteiger charge is 2.32. The summed E-state index contributed by atoms with van der Waals surface area (Å²) in [5, 5.41) is 0. The van der Waals surface area contributed by atoms with Crippen LogP contribution in [-0.2, 0) is 6.18 Å². The molecule has 0 amide bonds. The lowest BCUT2D eigenvalue weighted by Crippen LogP contribution is -2.31. The van der Waals surface area contributed by atoms with Crippen LogP contribution >= 0.6 is 0 Å². The average molecular weight is 270 g/mol. The quantitative estimate of drug-likeness (QED) is 0.754. The Morgan fingerprint density at radius 2 is 1.68 bits per heavy atom. The normalized spacial score (nSPS) is 20.1. The van der Waals surface area contributed by atoms with Gasteiger partial charge >= 0.3 is 6.18 Å². The standard InChI is InChI=1S/C14H17F3N2/c1-13(2,3)12-8-19(9-18-12)11-6-4-10(5-7-11)14(15,16)17/h4-7,9,12H,8H2,1-3H3/t12-/m0/s1. The Labute approximate surface area is 110 Å². The van der Waals surface area contributed by atoms with Crippen LogP contribution in [-0.4, -0.2) is 18.9 Å². The fourth-order valence-corrected chi connectivity index (χ4v) is 1.95. The molecule has 2 nitrogen and oxygen atoms in total. The molecule has 0 aliphatic carbocycles. The van der Waals surface area contributed by atoms with Crippen molar-refractivity contribution in [2.45, 2.75) is 33.0 Å². The van der Waals surface area contributed by atoms with Crippen LogP contribution in [0.25, 0.3) is 0 Å². The fraction of sp³-hybridized carbons (Fsp3) is 0.500. The molecule has 104 valence electrons. The second-order valence-corrected chi connectivity index (χ2v) is 5.84. The summed E-state index contributed by atoms with van der Waals surface area (Å²) >= 11 is 0. The topological polar surface area (TPSA) is 15.6 Å². The Morgan fingerprint density at radius 1 is 1.11 bits per heavy atom. The molecule has 0 fully saturated rings. The van der Waals surface area contributed by atoms with Crippen LogP contribution in [0.1, 0.15) is 26.3 Å². The lowest BCUT2D eigenvalue weighted by molar-refractivity contribution is -0.137. The minimum absolute atomic E-state index is 0.0527. The molecule has 1 aromatic rings. The van der Waals surface area contributed by atoms with Crippen molar-refractivity contribution in [1.29, 1.82) is 0 Å². The van der Waals surface area contributed by atoms with Gasteiger partial charge in [0.15, 0.2) is 0 Å². The largest absolute Gasteiger partial charge is 0.416 e. The molecule has 0 radical (unpaired) electrons. The minimum atomic E-state index is -4.29. The molecule has 0 spiro atoms. The van der Waals surface area contributed by atoms with Crippen molar-refractivity contribution in [1.82, 2.24) is 0 Å².